The minimum Gasteiger partial charge on any atom is -0.508 e. The number of phenols is 1. The van der Waals surface area contributed by atoms with Gasteiger partial charge in [-0.15, -0.1) is 0 Å². The molecule has 94 valence electrons. The predicted molar refractivity (Wildman–Crippen MR) is 74.8 cm³/mol. The number of hydrogen-bond acceptors (Lipinski definition) is 2. The molecule has 0 heterocycles. The Morgan fingerprint density at radius 3 is 2.44 bits per heavy atom. The van der Waals surface area contributed by atoms with E-state index in [9.17, 15) is 5.11 Å². The van der Waals surface area contributed by atoms with Gasteiger partial charge in [0.2, 0.25) is 0 Å². The molecule has 1 atom stereocenters. The highest BCUT2D eigenvalue weighted by molar-refractivity contribution is 6.31. The molecule has 2 rings (SSSR count). The molecule has 18 heavy (non-hydrogen) atoms. The Kier molecular flexibility index (Phi) is 4.24. The van der Waals surface area contributed by atoms with E-state index in [1.165, 1.54) is 0 Å². The van der Waals surface area contributed by atoms with E-state index < -0.39 is 0 Å². The second-order valence-electron chi connectivity index (χ2n) is 4.29. The quantitative estimate of drug-likeness (QED) is 0.875. The SMILES string of the molecule is C[C@@H](NCc1ccc(O)cc1)c1ccccc1Cl. The monoisotopic (exact) mass is 261 g/mol. The maximum Gasteiger partial charge on any atom is 0.115 e. The smallest absolute Gasteiger partial charge is 0.115 e. The zero-order chi connectivity index (χ0) is 13.0. The van der Waals surface area contributed by atoms with E-state index in [0.717, 1.165) is 22.7 Å². The second-order valence-corrected chi connectivity index (χ2v) is 4.70. The molecule has 0 amide bonds. The van der Waals surface area contributed by atoms with E-state index >= 15 is 0 Å². The van der Waals surface area contributed by atoms with Gasteiger partial charge < -0.3 is 10.4 Å². The summed E-state index contributed by atoms with van der Waals surface area (Å²) in [5.74, 6) is 0.290. The summed E-state index contributed by atoms with van der Waals surface area (Å²) >= 11 is 6.15. The first-order valence-electron chi connectivity index (χ1n) is 5.92. The summed E-state index contributed by atoms with van der Waals surface area (Å²) < 4.78 is 0. The first-order chi connectivity index (χ1) is 8.66. The van der Waals surface area contributed by atoms with Gasteiger partial charge in [0, 0.05) is 17.6 Å². The van der Waals surface area contributed by atoms with E-state index in [4.69, 9.17) is 11.6 Å². The van der Waals surface area contributed by atoms with Crippen molar-refractivity contribution in [3.8, 4) is 5.75 Å². The molecule has 0 radical (unpaired) electrons. The zero-order valence-electron chi connectivity index (χ0n) is 10.2. The van der Waals surface area contributed by atoms with E-state index in [2.05, 4.69) is 12.2 Å². The molecule has 0 fully saturated rings. The molecule has 2 aromatic carbocycles. The number of hydrogen-bond donors (Lipinski definition) is 2. The summed E-state index contributed by atoms with van der Waals surface area (Å²) in [7, 11) is 0. The molecule has 0 bridgehead atoms. The van der Waals surface area contributed by atoms with Crippen LogP contribution in [0.15, 0.2) is 48.5 Å². The summed E-state index contributed by atoms with van der Waals surface area (Å²) in [4.78, 5) is 0. The molecule has 0 spiro atoms. The van der Waals surface area contributed by atoms with Crippen LogP contribution in [0, 0.1) is 0 Å². The third-order valence-electron chi connectivity index (χ3n) is 2.92. The second kappa shape index (κ2) is 5.89. The number of nitrogens with one attached hydrogen (secondary N) is 1. The van der Waals surface area contributed by atoms with Crippen LogP contribution < -0.4 is 5.32 Å². The van der Waals surface area contributed by atoms with Gasteiger partial charge in [-0.3, -0.25) is 0 Å². The molecule has 0 saturated carbocycles. The van der Waals surface area contributed by atoms with Crippen molar-refractivity contribution in [3.05, 3.63) is 64.7 Å². The van der Waals surface area contributed by atoms with Crippen LogP contribution in [0.25, 0.3) is 0 Å². The van der Waals surface area contributed by atoms with Gasteiger partial charge in [-0.1, -0.05) is 41.9 Å². The van der Waals surface area contributed by atoms with Gasteiger partial charge in [0.25, 0.3) is 0 Å². The fourth-order valence-electron chi connectivity index (χ4n) is 1.82. The topological polar surface area (TPSA) is 32.3 Å². The van der Waals surface area contributed by atoms with Gasteiger partial charge in [0.1, 0.15) is 5.75 Å². The molecule has 3 heteroatoms. The van der Waals surface area contributed by atoms with Crippen LogP contribution in [0.3, 0.4) is 0 Å². The van der Waals surface area contributed by atoms with Crippen LogP contribution in [-0.2, 0) is 6.54 Å². The molecule has 2 N–H and O–H groups in total. The maximum absolute atomic E-state index is 9.21. The van der Waals surface area contributed by atoms with Crippen LogP contribution >= 0.6 is 11.6 Å². The summed E-state index contributed by atoms with van der Waals surface area (Å²) in [5.41, 5.74) is 2.23. The van der Waals surface area contributed by atoms with Crippen LogP contribution in [-0.4, -0.2) is 5.11 Å². The van der Waals surface area contributed by atoms with Crippen molar-refractivity contribution >= 4 is 11.6 Å². The Morgan fingerprint density at radius 1 is 1.11 bits per heavy atom. The summed E-state index contributed by atoms with van der Waals surface area (Å²) in [6, 6.07) is 15.2. The van der Waals surface area contributed by atoms with E-state index in [-0.39, 0.29) is 11.8 Å². The van der Waals surface area contributed by atoms with Crippen molar-refractivity contribution in [2.75, 3.05) is 0 Å². The molecular formula is C15H16ClNO. The highest BCUT2D eigenvalue weighted by Gasteiger charge is 2.08. The normalized spacial score (nSPS) is 12.3. The van der Waals surface area contributed by atoms with Gasteiger partial charge in [0.05, 0.1) is 0 Å². The first kappa shape index (κ1) is 12.9. The molecule has 2 nitrogen and oxygen atoms in total. The summed E-state index contributed by atoms with van der Waals surface area (Å²) in [6.07, 6.45) is 0. The number of benzene rings is 2. The van der Waals surface area contributed by atoms with Crippen molar-refractivity contribution in [2.45, 2.75) is 19.5 Å². The number of phenolic OH excluding ortho intramolecular Hbond substituents is 1. The van der Waals surface area contributed by atoms with Gasteiger partial charge in [0.15, 0.2) is 0 Å². The minimum absolute atomic E-state index is 0.188. The highest BCUT2D eigenvalue weighted by atomic mass is 35.5. The van der Waals surface area contributed by atoms with Crippen molar-refractivity contribution in [2.24, 2.45) is 0 Å². The number of rotatable bonds is 4. The van der Waals surface area contributed by atoms with Gasteiger partial charge in [-0.2, -0.15) is 0 Å². The number of halogens is 1. The number of aromatic hydroxyl groups is 1. The van der Waals surface area contributed by atoms with Crippen LogP contribution in [0.4, 0.5) is 0 Å². The molecule has 0 aliphatic heterocycles. The Bertz CT molecular complexity index is 510. The fourth-order valence-corrected chi connectivity index (χ4v) is 2.12. The zero-order valence-corrected chi connectivity index (χ0v) is 11.0. The molecule has 0 unspecified atom stereocenters. The lowest BCUT2D eigenvalue weighted by molar-refractivity contribution is 0.474. The molecule has 2 aromatic rings. The fraction of sp³-hybridized carbons (Fsp3) is 0.200. The molecule has 0 aromatic heterocycles. The van der Waals surface area contributed by atoms with Crippen LogP contribution in [0.1, 0.15) is 24.1 Å². The van der Waals surface area contributed by atoms with Crippen LogP contribution in [0.5, 0.6) is 5.75 Å². The molecule has 0 aliphatic carbocycles. The third-order valence-corrected chi connectivity index (χ3v) is 3.26. The minimum atomic E-state index is 0.188. The van der Waals surface area contributed by atoms with E-state index in [1.807, 2.05) is 36.4 Å². The van der Waals surface area contributed by atoms with Crippen molar-refractivity contribution < 1.29 is 5.11 Å². The van der Waals surface area contributed by atoms with Crippen molar-refractivity contribution in [1.82, 2.24) is 5.32 Å². The van der Waals surface area contributed by atoms with Gasteiger partial charge >= 0.3 is 0 Å². The van der Waals surface area contributed by atoms with Gasteiger partial charge in [-0.05, 0) is 36.2 Å². The lowest BCUT2D eigenvalue weighted by Gasteiger charge is -2.15. The van der Waals surface area contributed by atoms with Crippen LogP contribution in [0.2, 0.25) is 5.02 Å². The molecule has 0 saturated heterocycles. The van der Waals surface area contributed by atoms with Crippen molar-refractivity contribution in [3.63, 3.8) is 0 Å². The Hall–Kier alpha value is -1.51. The first-order valence-corrected chi connectivity index (χ1v) is 6.30. The van der Waals surface area contributed by atoms with E-state index in [1.54, 1.807) is 12.1 Å². The van der Waals surface area contributed by atoms with Gasteiger partial charge in [-0.25, -0.2) is 0 Å². The Morgan fingerprint density at radius 2 is 1.78 bits per heavy atom. The molecule has 0 aliphatic rings. The maximum atomic E-state index is 9.21. The lowest BCUT2D eigenvalue weighted by atomic mass is 10.1. The predicted octanol–water partition coefficient (Wildman–Crippen LogP) is 3.90. The highest BCUT2D eigenvalue weighted by Crippen LogP contribution is 2.22. The summed E-state index contributed by atoms with van der Waals surface area (Å²) in [5, 5.41) is 13.4. The average molecular weight is 262 g/mol. The van der Waals surface area contributed by atoms with E-state index in [0.29, 0.717) is 0 Å². The Balaban J connectivity index is 1.98. The largest absolute Gasteiger partial charge is 0.508 e. The summed E-state index contributed by atoms with van der Waals surface area (Å²) in [6.45, 7) is 2.83. The average Bonchev–Trinajstić information content (AvgIpc) is 2.38. The standard InChI is InChI=1S/C15H16ClNO/c1-11(14-4-2-3-5-15(14)16)17-10-12-6-8-13(18)9-7-12/h2-9,11,17-18H,10H2,1H3/t11-/m1/s1. The Labute approximate surface area is 112 Å². The lowest BCUT2D eigenvalue weighted by Crippen LogP contribution is -2.18. The van der Waals surface area contributed by atoms with Crippen molar-refractivity contribution in [1.29, 1.82) is 0 Å². The molecular weight excluding hydrogens is 246 g/mol. The third kappa shape index (κ3) is 3.25.